The van der Waals surface area contributed by atoms with Gasteiger partial charge in [-0.3, -0.25) is 9.08 Å². The van der Waals surface area contributed by atoms with Crippen LogP contribution in [0.3, 0.4) is 0 Å². The van der Waals surface area contributed by atoms with Gasteiger partial charge in [0.05, 0.1) is 29.5 Å². The second-order valence-corrected chi connectivity index (χ2v) is 8.80. The molecule has 7 nitrogen and oxygen atoms in total. The highest BCUT2D eigenvalue weighted by atomic mass is 35.5. The van der Waals surface area contributed by atoms with Crippen LogP contribution in [0.5, 0.6) is 0 Å². The summed E-state index contributed by atoms with van der Waals surface area (Å²) in [5.74, 6) is 1.09. The fourth-order valence-corrected chi connectivity index (χ4v) is 5.09. The van der Waals surface area contributed by atoms with Crippen LogP contribution in [0.1, 0.15) is 49.4 Å². The summed E-state index contributed by atoms with van der Waals surface area (Å²) in [6.45, 7) is 1.98. The molecule has 1 saturated carbocycles. The van der Waals surface area contributed by atoms with Crippen molar-refractivity contribution in [1.82, 2.24) is 28.5 Å². The lowest BCUT2D eigenvalue weighted by Gasteiger charge is -2.23. The first-order valence-corrected chi connectivity index (χ1v) is 11.0. The van der Waals surface area contributed by atoms with E-state index in [0.29, 0.717) is 22.5 Å². The molecule has 1 aliphatic rings. The monoisotopic (exact) mass is 427 g/mol. The molecule has 0 radical (unpaired) electrons. The Balaban J connectivity index is 1.70. The Morgan fingerprint density at radius 3 is 2.72 bits per heavy atom. The van der Waals surface area contributed by atoms with Crippen LogP contribution < -0.4 is 5.32 Å². The topological polar surface area (TPSA) is 72.9 Å². The highest BCUT2D eigenvalue weighted by Crippen LogP contribution is 2.39. The van der Waals surface area contributed by atoms with Gasteiger partial charge in [0.2, 0.25) is 0 Å². The molecule has 0 aliphatic heterocycles. The largest absolute Gasteiger partial charge is 0.328 e. The highest BCUT2D eigenvalue weighted by Gasteiger charge is 2.25. The zero-order valence-corrected chi connectivity index (χ0v) is 18.0. The zero-order chi connectivity index (χ0) is 20.0. The van der Waals surface area contributed by atoms with E-state index < -0.39 is 0 Å². The van der Waals surface area contributed by atoms with Crippen molar-refractivity contribution in [2.75, 3.05) is 5.32 Å². The Morgan fingerprint density at radius 1 is 1.21 bits per heavy atom. The molecule has 0 atom stereocenters. The molecule has 4 heterocycles. The van der Waals surface area contributed by atoms with Crippen LogP contribution in [-0.2, 0) is 7.05 Å². The number of nitrogens with zero attached hydrogens (tertiary/aromatic N) is 6. The molecule has 0 amide bonds. The molecule has 0 spiro atoms. The van der Waals surface area contributed by atoms with Crippen LogP contribution in [0.4, 0.5) is 10.8 Å². The summed E-state index contributed by atoms with van der Waals surface area (Å²) in [5.41, 5.74) is 4.53. The lowest BCUT2D eigenvalue weighted by atomic mass is 9.87. The minimum absolute atomic E-state index is 0.369. The molecule has 0 unspecified atom stereocenters. The number of nitrogens with one attached hydrogen (secondary N) is 1. The normalized spacial score (nSPS) is 15.3. The summed E-state index contributed by atoms with van der Waals surface area (Å²) in [6.07, 6.45) is 11.6. The second-order valence-electron chi connectivity index (χ2n) is 7.63. The third-order valence-electron chi connectivity index (χ3n) is 5.48. The van der Waals surface area contributed by atoms with Crippen molar-refractivity contribution >= 4 is 39.6 Å². The third kappa shape index (κ3) is 3.40. The number of hydrogen-bond acceptors (Lipinski definition) is 6. The van der Waals surface area contributed by atoms with E-state index in [9.17, 15) is 0 Å². The zero-order valence-electron chi connectivity index (χ0n) is 16.4. The molecule has 0 aromatic carbocycles. The van der Waals surface area contributed by atoms with Gasteiger partial charge >= 0.3 is 0 Å². The van der Waals surface area contributed by atoms with Gasteiger partial charge in [-0.25, -0.2) is 9.97 Å². The molecule has 1 fully saturated rings. The fourth-order valence-electron chi connectivity index (χ4n) is 4.06. The van der Waals surface area contributed by atoms with Crippen molar-refractivity contribution in [3.63, 3.8) is 0 Å². The molecular formula is C20H22ClN7S. The summed E-state index contributed by atoms with van der Waals surface area (Å²) in [4.78, 5) is 9.63. The van der Waals surface area contributed by atoms with Gasteiger partial charge in [0, 0.05) is 24.7 Å². The summed E-state index contributed by atoms with van der Waals surface area (Å²) in [5, 5.41) is 9.33. The average molecular weight is 428 g/mol. The van der Waals surface area contributed by atoms with Gasteiger partial charge in [-0.05, 0) is 37.4 Å². The average Bonchev–Trinajstić information content (AvgIpc) is 3.44. The first kappa shape index (κ1) is 18.6. The van der Waals surface area contributed by atoms with Crippen LogP contribution in [0.2, 0.25) is 5.15 Å². The molecule has 150 valence electrons. The minimum Gasteiger partial charge on any atom is -0.328 e. The highest BCUT2D eigenvalue weighted by molar-refractivity contribution is 7.10. The maximum Gasteiger partial charge on any atom is 0.182 e. The predicted molar refractivity (Wildman–Crippen MR) is 116 cm³/mol. The smallest absolute Gasteiger partial charge is 0.182 e. The van der Waals surface area contributed by atoms with Gasteiger partial charge < -0.3 is 5.32 Å². The first-order chi connectivity index (χ1) is 14.1. The van der Waals surface area contributed by atoms with E-state index in [1.807, 2.05) is 43.0 Å². The molecule has 5 rings (SSSR count). The summed E-state index contributed by atoms with van der Waals surface area (Å²) in [7, 11) is 1.91. The molecule has 4 aromatic rings. The molecule has 9 heteroatoms. The lowest BCUT2D eigenvalue weighted by Crippen LogP contribution is -2.11. The van der Waals surface area contributed by atoms with E-state index in [1.165, 1.54) is 30.8 Å². The van der Waals surface area contributed by atoms with Gasteiger partial charge in [0.25, 0.3) is 0 Å². The Kier molecular flexibility index (Phi) is 4.75. The predicted octanol–water partition coefficient (Wildman–Crippen LogP) is 5.34. The van der Waals surface area contributed by atoms with Crippen LogP contribution in [0.15, 0.2) is 24.7 Å². The number of halogens is 1. The quantitative estimate of drug-likeness (QED) is 0.476. The van der Waals surface area contributed by atoms with Gasteiger partial charge in [-0.15, -0.1) is 0 Å². The maximum atomic E-state index is 6.95. The lowest BCUT2D eigenvalue weighted by molar-refractivity contribution is 0.436. The number of hydrogen-bond donors (Lipinski definition) is 1. The summed E-state index contributed by atoms with van der Waals surface area (Å²) >= 11 is 8.37. The SMILES string of the molecule is Cc1cc(Nc2nc(C3CCCCC3)c(Cl)n3c(-c4cnn(C)c4)cnc23)sn1. The molecule has 0 saturated heterocycles. The van der Waals surface area contributed by atoms with Crippen molar-refractivity contribution in [2.45, 2.75) is 44.9 Å². The van der Waals surface area contributed by atoms with Gasteiger partial charge in [-0.2, -0.15) is 9.47 Å². The van der Waals surface area contributed by atoms with E-state index in [1.54, 1.807) is 4.68 Å². The van der Waals surface area contributed by atoms with E-state index in [4.69, 9.17) is 16.6 Å². The van der Waals surface area contributed by atoms with Gasteiger partial charge in [0.1, 0.15) is 10.2 Å². The minimum atomic E-state index is 0.369. The fraction of sp³-hybridized carbons (Fsp3) is 0.400. The molecule has 1 N–H and O–H groups in total. The van der Waals surface area contributed by atoms with Crippen molar-refractivity contribution in [1.29, 1.82) is 0 Å². The van der Waals surface area contributed by atoms with Crippen LogP contribution in [0.25, 0.3) is 16.9 Å². The number of imidazole rings is 1. The molecule has 29 heavy (non-hydrogen) atoms. The molecule has 4 aromatic heterocycles. The van der Waals surface area contributed by atoms with Crippen LogP contribution >= 0.6 is 23.1 Å². The Bertz CT molecular complexity index is 1170. The van der Waals surface area contributed by atoms with E-state index in [-0.39, 0.29) is 0 Å². The second kappa shape index (κ2) is 7.42. The summed E-state index contributed by atoms with van der Waals surface area (Å²) < 4.78 is 8.15. The number of aromatic nitrogens is 6. The van der Waals surface area contributed by atoms with Crippen molar-refractivity contribution < 1.29 is 0 Å². The van der Waals surface area contributed by atoms with Crippen molar-refractivity contribution in [3.05, 3.63) is 41.2 Å². The maximum absolute atomic E-state index is 6.95. The Morgan fingerprint density at radius 2 is 2.03 bits per heavy atom. The van der Waals surface area contributed by atoms with Gasteiger partial charge in [-0.1, -0.05) is 30.9 Å². The van der Waals surface area contributed by atoms with Gasteiger partial charge in [0.15, 0.2) is 11.5 Å². The van der Waals surface area contributed by atoms with E-state index in [2.05, 4.69) is 19.8 Å². The summed E-state index contributed by atoms with van der Waals surface area (Å²) in [6, 6.07) is 2.02. The van der Waals surface area contributed by atoms with Crippen molar-refractivity contribution in [3.8, 4) is 11.3 Å². The Labute approximate surface area is 177 Å². The van der Waals surface area contributed by atoms with E-state index >= 15 is 0 Å². The number of anilines is 2. The first-order valence-electron chi connectivity index (χ1n) is 9.86. The van der Waals surface area contributed by atoms with Crippen LogP contribution in [0, 0.1) is 6.92 Å². The van der Waals surface area contributed by atoms with Crippen molar-refractivity contribution in [2.24, 2.45) is 7.05 Å². The van der Waals surface area contributed by atoms with Crippen LogP contribution in [-0.4, -0.2) is 28.5 Å². The third-order valence-corrected chi connectivity index (χ3v) is 6.63. The Hall–Kier alpha value is -2.45. The number of aryl methyl sites for hydroxylation is 2. The molecule has 1 aliphatic carbocycles. The molecular weight excluding hydrogens is 406 g/mol. The number of fused-ring (bicyclic) bond motifs is 1. The standard InChI is InChI=1S/C20H22ClN7S/c1-12-8-16(29-26-12)24-19-20-22-10-15(14-9-23-27(2)11-14)28(20)18(21)17(25-19)13-6-4-3-5-7-13/h8-11,13H,3-7H2,1-2H3,(H,24,25). The number of rotatable bonds is 4. The molecule has 0 bridgehead atoms. The van der Waals surface area contributed by atoms with E-state index in [0.717, 1.165) is 40.5 Å².